The number of hydrogen-bond donors (Lipinski definition) is 2. The summed E-state index contributed by atoms with van der Waals surface area (Å²) in [6.45, 7) is 1.57. The zero-order valence-corrected chi connectivity index (χ0v) is 14.5. The van der Waals surface area contributed by atoms with Crippen molar-refractivity contribution in [1.82, 2.24) is 14.8 Å². The molecule has 2 heterocycles. The van der Waals surface area contributed by atoms with Gasteiger partial charge >= 0.3 is 0 Å². The maximum Gasteiger partial charge on any atom is 0.276 e. The lowest BCUT2D eigenvalue weighted by Crippen LogP contribution is -2.09. The van der Waals surface area contributed by atoms with Crippen LogP contribution in [0.15, 0.2) is 35.3 Å². The quantitative estimate of drug-likeness (QED) is 0.691. The summed E-state index contributed by atoms with van der Waals surface area (Å²) in [5.74, 6) is 3.67. The Labute approximate surface area is 153 Å². The second-order valence-electron chi connectivity index (χ2n) is 5.60. The fourth-order valence-corrected chi connectivity index (χ4v) is 2.67. The minimum atomic E-state index is -0.759. The van der Waals surface area contributed by atoms with E-state index in [0.29, 0.717) is 11.3 Å². The van der Waals surface area contributed by atoms with E-state index in [9.17, 15) is 18.7 Å². The molecule has 0 aliphatic carbocycles. The number of methoxy groups -OCH3 is 1. The summed E-state index contributed by atoms with van der Waals surface area (Å²) in [5.41, 5.74) is -0.390. The molecule has 0 aliphatic rings. The molecule has 27 heavy (non-hydrogen) atoms. The normalized spacial score (nSPS) is 10.4. The van der Waals surface area contributed by atoms with Crippen molar-refractivity contribution >= 4 is 0 Å². The van der Waals surface area contributed by atoms with E-state index < -0.39 is 23.1 Å². The largest absolute Gasteiger partial charge is 0.496 e. The molecule has 8 heteroatoms. The highest BCUT2D eigenvalue weighted by Crippen LogP contribution is 2.36. The minimum absolute atomic E-state index is 0.0370. The Morgan fingerprint density at radius 1 is 1.30 bits per heavy atom. The van der Waals surface area contributed by atoms with Gasteiger partial charge in [0.1, 0.15) is 22.9 Å². The Kier molecular flexibility index (Phi) is 4.94. The predicted molar refractivity (Wildman–Crippen MR) is 94.5 cm³/mol. The van der Waals surface area contributed by atoms with E-state index in [1.807, 2.05) is 0 Å². The van der Waals surface area contributed by atoms with Crippen molar-refractivity contribution < 1.29 is 18.6 Å². The van der Waals surface area contributed by atoms with Crippen LogP contribution in [-0.4, -0.2) is 27.0 Å². The summed E-state index contributed by atoms with van der Waals surface area (Å²) in [6, 6.07) is 5.25. The Bertz CT molecular complexity index is 1110. The first-order valence-corrected chi connectivity index (χ1v) is 7.87. The predicted octanol–water partition coefficient (Wildman–Crippen LogP) is 2.65. The summed E-state index contributed by atoms with van der Waals surface area (Å²) in [4.78, 5) is 16.2. The summed E-state index contributed by atoms with van der Waals surface area (Å²) in [6.07, 6.45) is 1.02. The van der Waals surface area contributed by atoms with Crippen LogP contribution in [0.3, 0.4) is 0 Å². The van der Waals surface area contributed by atoms with E-state index in [1.54, 1.807) is 6.92 Å². The number of H-pyrrole nitrogens is 1. The lowest BCUT2D eigenvalue weighted by molar-refractivity contribution is 0.404. The lowest BCUT2D eigenvalue weighted by Gasteiger charge is -2.10. The van der Waals surface area contributed by atoms with Crippen LogP contribution in [-0.2, 0) is 6.54 Å². The van der Waals surface area contributed by atoms with Crippen molar-refractivity contribution in [3.63, 3.8) is 0 Å². The third kappa shape index (κ3) is 3.53. The Morgan fingerprint density at radius 3 is 2.70 bits per heavy atom. The number of rotatable bonds is 4. The number of aromatic nitrogens is 3. The minimum Gasteiger partial charge on any atom is -0.496 e. The van der Waals surface area contributed by atoms with Gasteiger partial charge in [0.05, 0.1) is 31.1 Å². The number of aromatic hydroxyl groups is 1. The Hall–Kier alpha value is -3.60. The molecule has 0 unspecified atom stereocenters. The van der Waals surface area contributed by atoms with Crippen LogP contribution in [0.4, 0.5) is 8.78 Å². The van der Waals surface area contributed by atoms with E-state index in [1.165, 1.54) is 25.3 Å². The van der Waals surface area contributed by atoms with Gasteiger partial charge in [0, 0.05) is 5.56 Å². The van der Waals surface area contributed by atoms with E-state index in [2.05, 4.69) is 21.9 Å². The highest BCUT2D eigenvalue weighted by Gasteiger charge is 2.24. The van der Waals surface area contributed by atoms with Crippen LogP contribution in [0.2, 0.25) is 0 Å². The third-order valence-corrected chi connectivity index (χ3v) is 3.84. The fraction of sp³-hybridized carbons (Fsp3) is 0.158. The standard InChI is InChI=1S/C19H15F2N3O3/c1-3-4-11-7-14(21)16(15(8-11)27-2)17-18(25)23-24(19(17)26)10-13-6-5-12(20)9-22-13/h5-9,26H,10H2,1-2H3,(H,23,25). The van der Waals surface area contributed by atoms with Crippen molar-refractivity contribution in [3.8, 4) is 34.6 Å². The van der Waals surface area contributed by atoms with Crippen molar-refractivity contribution in [2.45, 2.75) is 13.5 Å². The van der Waals surface area contributed by atoms with Gasteiger partial charge in [0.15, 0.2) is 0 Å². The average Bonchev–Trinajstić information content (AvgIpc) is 2.90. The van der Waals surface area contributed by atoms with Crippen molar-refractivity contribution in [3.05, 3.63) is 63.7 Å². The molecule has 0 aliphatic heterocycles. The number of benzene rings is 1. The monoisotopic (exact) mass is 371 g/mol. The number of halogens is 2. The molecule has 0 saturated heterocycles. The highest BCUT2D eigenvalue weighted by atomic mass is 19.1. The van der Waals surface area contributed by atoms with Crippen LogP contribution in [0.25, 0.3) is 11.1 Å². The molecule has 3 aromatic rings. The van der Waals surface area contributed by atoms with E-state index in [-0.39, 0.29) is 23.4 Å². The maximum absolute atomic E-state index is 14.7. The number of hydrogen-bond acceptors (Lipinski definition) is 4. The van der Waals surface area contributed by atoms with Gasteiger partial charge in [-0.05, 0) is 31.2 Å². The molecule has 0 saturated carbocycles. The third-order valence-electron chi connectivity index (χ3n) is 3.84. The van der Waals surface area contributed by atoms with Gasteiger partial charge in [-0.15, -0.1) is 5.92 Å². The van der Waals surface area contributed by atoms with E-state index >= 15 is 0 Å². The fourth-order valence-electron chi connectivity index (χ4n) is 2.67. The molecule has 1 aromatic carbocycles. The number of pyridine rings is 1. The van der Waals surface area contributed by atoms with E-state index in [4.69, 9.17) is 4.74 Å². The van der Waals surface area contributed by atoms with Crippen LogP contribution in [0.5, 0.6) is 11.6 Å². The molecule has 3 rings (SSSR count). The first kappa shape index (κ1) is 18.2. The summed E-state index contributed by atoms with van der Waals surface area (Å²) in [7, 11) is 1.33. The molecule has 0 atom stereocenters. The molecule has 2 aromatic heterocycles. The topological polar surface area (TPSA) is 80.1 Å². The molecule has 2 N–H and O–H groups in total. The molecule has 0 bridgehead atoms. The molecular formula is C19H15F2N3O3. The zero-order chi connectivity index (χ0) is 19.6. The van der Waals surface area contributed by atoms with Gasteiger partial charge in [0.25, 0.3) is 5.56 Å². The Morgan fingerprint density at radius 2 is 2.07 bits per heavy atom. The number of nitrogens with one attached hydrogen (secondary N) is 1. The first-order chi connectivity index (χ1) is 12.9. The Balaban J connectivity index is 2.10. The first-order valence-electron chi connectivity index (χ1n) is 7.87. The number of ether oxygens (including phenoxy) is 1. The van der Waals surface area contributed by atoms with Crippen LogP contribution < -0.4 is 10.3 Å². The maximum atomic E-state index is 14.7. The molecule has 6 nitrogen and oxygen atoms in total. The molecule has 0 spiro atoms. The lowest BCUT2D eigenvalue weighted by atomic mass is 10.0. The van der Waals surface area contributed by atoms with Crippen LogP contribution >= 0.6 is 0 Å². The molecule has 0 amide bonds. The molecule has 0 radical (unpaired) electrons. The van der Waals surface area contributed by atoms with Crippen molar-refractivity contribution in [2.75, 3.05) is 7.11 Å². The van der Waals surface area contributed by atoms with Crippen molar-refractivity contribution in [2.24, 2.45) is 0 Å². The zero-order valence-electron chi connectivity index (χ0n) is 14.5. The van der Waals surface area contributed by atoms with Crippen LogP contribution in [0.1, 0.15) is 18.2 Å². The van der Waals surface area contributed by atoms with Gasteiger partial charge < -0.3 is 9.84 Å². The molecular weight excluding hydrogens is 356 g/mol. The number of nitrogens with zero attached hydrogens (tertiary/aromatic N) is 2. The highest BCUT2D eigenvalue weighted by molar-refractivity contribution is 5.75. The van der Waals surface area contributed by atoms with Crippen LogP contribution in [0, 0.1) is 23.5 Å². The average molecular weight is 371 g/mol. The summed E-state index contributed by atoms with van der Waals surface area (Å²) < 4.78 is 33.9. The summed E-state index contributed by atoms with van der Waals surface area (Å²) >= 11 is 0. The summed E-state index contributed by atoms with van der Waals surface area (Å²) in [5, 5.41) is 12.9. The smallest absolute Gasteiger partial charge is 0.276 e. The second-order valence-corrected chi connectivity index (χ2v) is 5.60. The van der Waals surface area contributed by atoms with Gasteiger partial charge in [0.2, 0.25) is 5.88 Å². The van der Waals surface area contributed by atoms with Gasteiger partial charge in [-0.2, -0.15) is 0 Å². The van der Waals surface area contributed by atoms with Gasteiger partial charge in [-0.3, -0.25) is 14.9 Å². The van der Waals surface area contributed by atoms with Gasteiger partial charge in [-0.25, -0.2) is 13.5 Å². The molecule has 0 fully saturated rings. The molecule has 138 valence electrons. The SMILES string of the molecule is CC#Cc1cc(F)c(-c2c(O)n(Cc3ccc(F)cn3)[nH]c2=O)c(OC)c1. The van der Waals surface area contributed by atoms with E-state index in [0.717, 1.165) is 16.9 Å². The number of aromatic amines is 1. The van der Waals surface area contributed by atoms with Gasteiger partial charge in [-0.1, -0.05) is 5.92 Å². The second kappa shape index (κ2) is 7.33. The van der Waals surface area contributed by atoms with Crippen molar-refractivity contribution in [1.29, 1.82) is 0 Å².